The molecule has 0 radical (unpaired) electrons. The van der Waals surface area contributed by atoms with E-state index in [9.17, 15) is 4.79 Å². The van der Waals surface area contributed by atoms with Gasteiger partial charge in [0.15, 0.2) is 11.5 Å². The van der Waals surface area contributed by atoms with Crippen LogP contribution in [0.4, 0.5) is 0 Å². The molecule has 0 heterocycles. The Morgan fingerprint density at radius 3 is 2.32 bits per heavy atom. The maximum atomic E-state index is 12.2. The smallest absolute Gasteiger partial charge is 0.220 e. The molecule has 6 nitrogen and oxygen atoms in total. The highest BCUT2D eigenvalue weighted by Gasteiger charge is 2.27. The molecule has 0 bridgehead atoms. The van der Waals surface area contributed by atoms with Crippen molar-refractivity contribution in [2.24, 2.45) is 11.7 Å². The Labute approximate surface area is 155 Å². The van der Waals surface area contributed by atoms with E-state index in [-0.39, 0.29) is 24.4 Å². The predicted molar refractivity (Wildman–Crippen MR) is 100.0 cm³/mol. The number of benzene rings is 1. The average Bonchev–Trinajstić information content (AvgIpc) is 3.05. The summed E-state index contributed by atoms with van der Waals surface area (Å²) in [4.78, 5) is 12.2. The lowest BCUT2D eigenvalue weighted by molar-refractivity contribution is -0.122. The quantitative estimate of drug-likeness (QED) is 0.731. The van der Waals surface area contributed by atoms with Gasteiger partial charge in [-0.15, -0.1) is 12.4 Å². The van der Waals surface area contributed by atoms with Gasteiger partial charge in [-0.1, -0.05) is 6.42 Å². The molecule has 1 fully saturated rings. The highest BCUT2D eigenvalue weighted by molar-refractivity contribution is 5.85. The van der Waals surface area contributed by atoms with E-state index in [2.05, 4.69) is 5.32 Å². The highest BCUT2D eigenvalue weighted by Crippen LogP contribution is 2.38. The third kappa shape index (κ3) is 5.41. The van der Waals surface area contributed by atoms with E-state index in [1.54, 1.807) is 21.3 Å². The summed E-state index contributed by atoms with van der Waals surface area (Å²) in [5.74, 6) is 2.24. The van der Waals surface area contributed by atoms with Crippen LogP contribution in [0.3, 0.4) is 0 Å². The van der Waals surface area contributed by atoms with Gasteiger partial charge in [0.05, 0.1) is 21.3 Å². The van der Waals surface area contributed by atoms with Crippen LogP contribution < -0.4 is 25.3 Å². The van der Waals surface area contributed by atoms with Gasteiger partial charge >= 0.3 is 0 Å². The van der Waals surface area contributed by atoms with Crippen molar-refractivity contribution < 1.29 is 19.0 Å². The molecular weight excluding hydrogens is 344 g/mol. The Hall–Kier alpha value is -1.66. The number of hydrogen-bond acceptors (Lipinski definition) is 5. The van der Waals surface area contributed by atoms with Crippen LogP contribution in [-0.4, -0.2) is 39.8 Å². The summed E-state index contributed by atoms with van der Waals surface area (Å²) in [6.07, 6.45) is 4.31. The van der Waals surface area contributed by atoms with Crippen LogP contribution in [0.15, 0.2) is 12.1 Å². The van der Waals surface area contributed by atoms with Crippen LogP contribution >= 0.6 is 12.4 Å². The largest absolute Gasteiger partial charge is 0.493 e. The number of rotatable bonds is 8. The number of carbonyl (C=O) groups excluding carboxylic acids is 1. The number of amides is 1. The van der Waals surface area contributed by atoms with E-state index < -0.39 is 0 Å². The zero-order valence-corrected chi connectivity index (χ0v) is 16.0. The van der Waals surface area contributed by atoms with Crippen molar-refractivity contribution >= 4 is 18.3 Å². The summed E-state index contributed by atoms with van der Waals surface area (Å²) in [5, 5.41) is 3.12. The van der Waals surface area contributed by atoms with Crippen LogP contribution in [0.1, 0.15) is 31.2 Å². The van der Waals surface area contributed by atoms with E-state index in [1.807, 2.05) is 12.1 Å². The minimum Gasteiger partial charge on any atom is -0.493 e. The molecule has 1 saturated carbocycles. The molecule has 7 heteroatoms. The van der Waals surface area contributed by atoms with Crippen molar-refractivity contribution in [2.45, 2.75) is 38.1 Å². The van der Waals surface area contributed by atoms with Crippen molar-refractivity contribution in [3.05, 3.63) is 17.7 Å². The number of nitrogens with two attached hydrogens (primary N) is 1. The highest BCUT2D eigenvalue weighted by atomic mass is 35.5. The van der Waals surface area contributed by atoms with Gasteiger partial charge in [0.1, 0.15) is 0 Å². The minimum absolute atomic E-state index is 0. The molecule has 1 amide bonds. The van der Waals surface area contributed by atoms with Crippen molar-refractivity contribution in [2.75, 3.05) is 27.9 Å². The summed E-state index contributed by atoms with van der Waals surface area (Å²) >= 11 is 0. The molecule has 0 aliphatic heterocycles. The van der Waals surface area contributed by atoms with Gasteiger partial charge in [0.25, 0.3) is 0 Å². The molecule has 1 aromatic carbocycles. The number of ether oxygens (including phenoxy) is 3. The Bertz CT molecular complexity index is 543. The van der Waals surface area contributed by atoms with Crippen LogP contribution in [0.25, 0.3) is 0 Å². The van der Waals surface area contributed by atoms with Crippen molar-refractivity contribution in [1.29, 1.82) is 0 Å². The van der Waals surface area contributed by atoms with Crippen molar-refractivity contribution in [3.8, 4) is 17.2 Å². The van der Waals surface area contributed by atoms with Gasteiger partial charge in [0.2, 0.25) is 11.7 Å². The van der Waals surface area contributed by atoms with Gasteiger partial charge in [-0.05, 0) is 49.4 Å². The van der Waals surface area contributed by atoms with Crippen molar-refractivity contribution in [3.63, 3.8) is 0 Å². The van der Waals surface area contributed by atoms with Crippen molar-refractivity contribution in [1.82, 2.24) is 5.32 Å². The summed E-state index contributed by atoms with van der Waals surface area (Å²) in [6.45, 7) is 0.637. The number of aryl methyl sites for hydroxylation is 1. The second kappa shape index (κ2) is 10.4. The topological polar surface area (TPSA) is 82.8 Å². The first-order chi connectivity index (χ1) is 11.6. The summed E-state index contributed by atoms with van der Waals surface area (Å²) in [7, 11) is 4.74. The number of carbonyl (C=O) groups is 1. The minimum atomic E-state index is 0. The monoisotopic (exact) mass is 372 g/mol. The lowest BCUT2D eigenvalue weighted by atomic mass is 10.0. The number of methoxy groups -OCH3 is 3. The fourth-order valence-electron chi connectivity index (χ4n) is 3.33. The summed E-state index contributed by atoms with van der Waals surface area (Å²) in [6, 6.07) is 3.99. The lowest BCUT2D eigenvalue weighted by Crippen LogP contribution is -2.39. The average molecular weight is 373 g/mol. The van der Waals surface area contributed by atoms with E-state index in [0.717, 1.165) is 24.8 Å². The second-order valence-corrected chi connectivity index (χ2v) is 6.13. The first kappa shape index (κ1) is 21.4. The fraction of sp³-hybridized carbons (Fsp3) is 0.611. The second-order valence-electron chi connectivity index (χ2n) is 6.13. The zero-order chi connectivity index (χ0) is 17.5. The number of hydrogen-bond donors (Lipinski definition) is 2. The molecule has 142 valence electrons. The molecule has 2 atom stereocenters. The first-order valence-electron chi connectivity index (χ1n) is 8.41. The SMILES string of the molecule is COc1cc(CCC(=O)NC2CCCC2CN)cc(OC)c1OC.Cl. The predicted octanol–water partition coefficient (Wildman–Crippen LogP) is 2.31. The van der Waals surface area contributed by atoms with Crippen LogP contribution in [0.2, 0.25) is 0 Å². The molecule has 2 rings (SSSR count). The third-order valence-electron chi connectivity index (χ3n) is 4.67. The first-order valence-corrected chi connectivity index (χ1v) is 8.41. The molecular formula is C18H29ClN2O4. The fourth-order valence-corrected chi connectivity index (χ4v) is 3.33. The summed E-state index contributed by atoms with van der Waals surface area (Å²) in [5.41, 5.74) is 6.74. The standard InChI is InChI=1S/C18H28N2O4.ClH/c1-22-15-9-12(10-16(23-2)18(15)24-3)7-8-17(21)20-14-6-4-5-13(14)11-19;/h9-10,13-14H,4-8,11,19H2,1-3H3,(H,20,21);1H. The Morgan fingerprint density at radius 1 is 1.16 bits per heavy atom. The molecule has 1 aliphatic rings. The number of halogens is 1. The van der Waals surface area contributed by atoms with Crippen LogP contribution in [-0.2, 0) is 11.2 Å². The molecule has 1 aromatic rings. The molecule has 25 heavy (non-hydrogen) atoms. The molecule has 1 aliphatic carbocycles. The lowest BCUT2D eigenvalue weighted by Gasteiger charge is -2.19. The third-order valence-corrected chi connectivity index (χ3v) is 4.67. The van der Waals surface area contributed by atoms with Gasteiger partial charge in [-0.25, -0.2) is 0 Å². The van der Waals surface area contributed by atoms with E-state index in [4.69, 9.17) is 19.9 Å². The maximum absolute atomic E-state index is 12.2. The van der Waals surface area contributed by atoms with E-state index in [0.29, 0.717) is 42.6 Å². The Balaban J connectivity index is 0.00000312. The van der Waals surface area contributed by atoms with Crippen LogP contribution in [0.5, 0.6) is 17.2 Å². The van der Waals surface area contributed by atoms with Crippen LogP contribution in [0, 0.1) is 5.92 Å². The van der Waals surface area contributed by atoms with Gasteiger partial charge < -0.3 is 25.3 Å². The zero-order valence-electron chi connectivity index (χ0n) is 15.2. The Morgan fingerprint density at radius 2 is 1.80 bits per heavy atom. The normalized spacial score (nSPS) is 19.0. The van der Waals surface area contributed by atoms with Gasteiger partial charge in [-0.2, -0.15) is 0 Å². The summed E-state index contributed by atoms with van der Waals surface area (Å²) < 4.78 is 16.0. The molecule has 0 aromatic heterocycles. The molecule has 2 unspecified atom stereocenters. The molecule has 3 N–H and O–H groups in total. The van der Waals surface area contributed by atoms with Gasteiger partial charge in [0, 0.05) is 12.5 Å². The van der Waals surface area contributed by atoms with Gasteiger partial charge in [-0.3, -0.25) is 4.79 Å². The van der Waals surface area contributed by atoms with E-state index >= 15 is 0 Å². The molecule has 0 saturated heterocycles. The number of nitrogens with one attached hydrogen (secondary N) is 1. The van der Waals surface area contributed by atoms with E-state index in [1.165, 1.54) is 0 Å². The Kier molecular flexibility index (Phi) is 8.86. The molecule has 0 spiro atoms. The maximum Gasteiger partial charge on any atom is 0.220 e.